The van der Waals surface area contributed by atoms with Crippen molar-refractivity contribution in [1.82, 2.24) is 0 Å². The third kappa shape index (κ3) is 3.65. The second kappa shape index (κ2) is 7.60. The summed E-state index contributed by atoms with van der Waals surface area (Å²) in [6, 6.07) is 8.37. The quantitative estimate of drug-likeness (QED) is 0.454. The lowest BCUT2D eigenvalue weighted by atomic mass is 9.96. The minimum atomic E-state index is -4.65. The molecule has 0 amide bonds. The average Bonchev–Trinajstić information content (AvgIpc) is 3.18. The van der Waals surface area contributed by atoms with Crippen molar-refractivity contribution in [3.8, 4) is 22.6 Å². The number of nitrogens with one attached hydrogen (secondary N) is 1. The molecule has 3 aromatic rings. The summed E-state index contributed by atoms with van der Waals surface area (Å²) < 4.78 is 68.4. The highest BCUT2D eigenvalue weighted by atomic mass is 35.5. The summed E-state index contributed by atoms with van der Waals surface area (Å²) in [6.07, 6.45) is -0.301. The summed E-state index contributed by atoms with van der Waals surface area (Å²) in [5.74, 6) is -3.38. The Balaban J connectivity index is 1.74. The Morgan fingerprint density at radius 1 is 1.09 bits per heavy atom. The number of cyclic esters (lactones) is 1. The molecule has 2 N–H and O–H groups in total. The van der Waals surface area contributed by atoms with Gasteiger partial charge < -0.3 is 14.6 Å². The molecule has 0 saturated carbocycles. The fourth-order valence-corrected chi connectivity index (χ4v) is 5.34. The lowest BCUT2D eigenvalue weighted by Crippen LogP contribution is -2.23. The Hall–Kier alpha value is -3.37. The zero-order valence-corrected chi connectivity index (χ0v) is 18.1. The van der Waals surface area contributed by atoms with Crippen LogP contribution in [-0.2, 0) is 21.2 Å². The molecule has 0 aliphatic carbocycles. The molecular weight excluding hydrogens is 480 g/mol. The van der Waals surface area contributed by atoms with Crippen molar-refractivity contribution < 1.29 is 36.6 Å². The summed E-state index contributed by atoms with van der Waals surface area (Å²) in [6.45, 7) is -0.178. The van der Waals surface area contributed by atoms with Crippen LogP contribution in [0.3, 0.4) is 0 Å². The highest BCUT2D eigenvalue weighted by Crippen LogP contribution is 2.40. The molecule has 5 rings (SSSR count). The van der Waals surface area contributed by atoms with E-state index in [1.54, 1.807) is 18.2 Å². The summed E-state index contributed by atoms with van der Waals surface area (Å²) in [5.41, 5.74) is 0.120. The van der Waals surface area contributed by atoms with E-state index in [1.807, 2.05) is 4.72 Å². The molecule has 1 unspecified atom stereocenters. The topological polar surface area (TPSA) is 102 Å². The van der Waals surface area contributed by atoms with Crippen molar-refractivity contribution in [2.45, 2.75) is 17.4 Å². The van der Waals surface area contributed by atoms with Gasteiger partial charge in [0.25, 0.3) is 10.0 Å². The Bertz CT molecular complexity index is 1440. The number of rotatable bonds is 0. The number of phenols is 1. The van der Waals surface area contributed by atoms with E-state index in [0.717, 1.165) is 18.2 Å². The fraction of sp³-hybridized carbons (Fsp3) is 0.136. The average molecular weight is 494 g/mol. The maximum absolute atomic E-state index is 14.8. The number of carbonyl (C=O) groups is 1. The monoisotopic (exact) mass is 493 g/mol. The van der Waals surface area contributed by atoms with Crippen LogP contribution in [0.2, 0.25) is 5.02 Å². The van der Waals surface area contributed by atoms with Gasteiger partial charge in [-0.15, -0.1) is 0 Å². The number of benzene rings is 3. The highest BCUT2D eigenvalue weighted by molar-refractivity contribution is 7.92. The maximum Gasteiger partial charge on any atom is 0.338 e. The molecule has 3 aromatic carbocycles. The number of esters is 1. The van der Waals surface area contributed by atoms with Gasteiger partial charge in [-0.2, -0.15) is 0 Å². The van der Waals surface area contributed by atoms with Gasteiger partial charge in [0.1, 0.15) is 35.0 Å². The molecule has 2 aliphatic heterocycles. The van der Waals surface area contributed by atoms with E-state index in [1.165, 1.54) is 0 Å². The smallest absolute Gasteiger partial charge is 0.338 e. The van der Waals surface area contributed by atoms with Gasteiger partial charge in [0.2, 0.25) is 0 Å². The molecule has 1 atom stereocenters. The first-order chi connectivity index (χ1) is 15.6. The second-order valence-electron chi connectivity index (χ2n) is 7.55. The second-order valence-corrected chi connectivity index (χ2v) is 9.60. The molecule has 11 heteroatoms. The molecule has 0 saturated heterocycles. The third-order valence-corrected chi connectivity index (χ3v) is 7.07. The van der Waals surface area contributed by atoms with E-state index in [9.17, 15) is 27.1 Å². The number of carbonyl (C=O) groups excluding carboxylic acids is 1. The predicted octanol–water partition coefficient (Wildman–Crippen LogP) is 4.27. The van der Waals surface area contributed by atoms with Crippen molar-refractivity contribution in [3.63, 3.8) is 0 Å². The van der Waals surface area contributed by atoms with Crippen molar-refractivity contribution in [1.29, 1.82) is 0 Å². The normalized spacial score (nSPS) is 18.4. The molecule has 0 fully saturated rings. The van der Waals surface area contributed by atoms with Crippen LogP contribution in [0.25, 0.3) is 11.1 Å². The van der Waals surface area contributed by atoms with E-state index in [2.05, 4.69) is 0 Å². The number of hydrogen-bond acceptors (Lipinski definition) is 6. The number of phenolic OH excluding ortho intramolecular Hbond substituents is 1. The standard InChI is InChI=1S/C22H14ClF2NO6S/c23-15-4-10-5-20(21(15)27)33(29,30)26-18-7-13(16(24)8-17(18)25)12-2-1-3-19-14(12)6-11(32-19)9-31-22(10)28/h1-5,7-8,11,26-27H,6,9H2. The number of ether oxygens (including phenoxy) is 2. The number of anilines is 1. The van der Waals surface area contributed by atoms with E-state index in [-0.39, 0.29) is 24.2 Å². The zero-order chi connectivity index (χ0) is 23.5. The SMILES string of the molecule is O=C1OCC2Cc3c(cccc3-c3cc(c(F)cc3F)NS(=O)(=O)c3cc1cc(Cl)c3O)O2. The summed E-state index contributed by atoms with van der Waals surface area (Å²) in [5, 5.41) is 9.79. The largest absolute Gasteiger partial charge is 0.505 e. The van der Waals surface area contributed by atoms with E-state index < -0.39 is 55.1 Å². The first-order valence-corrected chi connectivity index (χ1v) is 11.5. The molecule has 33 heavy (non-hydrogen) atoms. The first kappa shape index (κ1) is 21.5. The molecule has 0 spiro atoms. The number of fused-ring (bicyclic) bond motifs is 6. The Kier molecular flexibility index (Phi) is 4.95. The molecule has 170 valence electrons. The predicted molar refractivity (Wildman–Crippen MR) is 114 cm³/mol. The van der Waals surface area contributed by atoms with Gasteiger partial charge in [-0.05, 0) is 29.8 Å². The summed E-state index contributed by atoms with van der Waals surface area (Å²) >= 11 is 5.93. The minimum Gasteiger partial charge on any atom is -0.505 e. The van der Waals surface area contributed by atoms with Crippen molar-refractivity contribution in [2.24, 2.45) is 0 Å². The molecule has 6 bridgehead atoms. The van der Waals surface area contributed by atoms with Gasteiger partial charge in [-0.25, -0.2) is 22.0 Å². The Labute approximate surface area is 191 Å². The van der Waals surface area contributed by atoms with Crippen LogP contribution >= 0.6 is 11.6 Å². The number of hydrogen-bond donors (Lipinski definition) is 2. The van der Waals surface area contributed by atoms with Crippen LogP contribution in [-0.4, -0.2) is 32.2 Å². The summed E-state index contributed by atoms with van der Waals surface area (Å²) in [7, 11) is -4.65. The van der Waals surface area contributed by atoms with Crippen LogP contribution in [0.1, 0.15) is 15.9 Å². The first-order valence-electron chi connectivity index (χ1n) is 9.64. The third-order valence-electron chi connectivity index (χ3n) is 5.40. The van der Waals surface area contributed by atoms with Gasteiger partial charge >= 0.3 is 5.97 Å². The lowest BCUT2D eigenvalue weighted by Gasteiger charge is -2.15. The van der Waals surface area contributed by atoms with Crippen LogP contribution in [0.5, 0.6) is 11.5 Å². The Morgan fingerprint density at radius 2 is 1.88 bits per heavy atom. The van der Waals surface area contributed by atoms with Crippen molar-refractivity contribution >= 4 is 33.3 Å². The van der Waals surface area contributed by atoms with Gasteiger partial charge in [-0.3, -0.25) is 4.72 Å². The number of aromatic hydroxyl groups is 1. The van der Waals surface area contributed by atoms with Gasteiger partial charge in [0, 0.05) is 23.6 Å². The van der Waals surface area contributed by atoms with Crippen LogP contribution in [0, 0.1) is 11.6 Å². The van der Waals surface area contributed by atoms with Crippen molar-refractivity contribution in [2.75, 3.05) is 11.3 Å². The van der Waals surface area contributed by atoms with E-state index in [4.69, 9.17) is 21.1 Å². The van der Waals surface area contributed by atoms with E-state index >= 15 is 0 Å². The van der Waals surface area contributed by atoms with Gasteiger partial charge in [0.05, 0.1) is 16.3 Å². The van der Waals surface area contributed by atoms with E-state index in [0.29, 0.717) is 22.9 Å². The molecular formula is C22H14ClF2NO6S. The molecule has 0 aromatic heterocycles. The number of halogens is 3. The van der Waals surface area contributed by atoms with Gasteiger partial charge in [-0.1, -0.05) is 23.7 Å². The Morgan fingerprint density at radius 3 is 2.67 bits per heavy atom. The number of sulfonamides is 1. The molecule has 2 aliphatic rings. The van der Waals surface area contributed by atoms with Crippen LogP contribution in [0.4, 0.5) is 14.5 Å². The lowest BCUT2D eigenvalue weighted by molar-refractivity contribution is 0.0346. The molecule has 7 nitrogen and oxygen atoms in total. The van der Waals surface area contributed by atoms with Crippen LogP contribution < -0.4 is 9.46 Å². The van der Waals surface area contributed by atoms with Gasteiger partial charge in [0.15, 0.2) is 5.75 Å². The zero-order valence-electron chi connectivity index (χ0n) is 16.6. The van der Waals surface area contributed by atoms with Crippen molar-refractivity contribution in [3.05, 3.63) is 70.2 Å². The highest BCUT2D eigenvalue weighted by Gasteiger charge is 2.30. The summed E-state index contributed by atoms with van der Waals surface area (Å²) in [4.78, 5) is 11.8. The molecule has 2 heterocycles. The maximum atomic E-state index is 14.8. The fourth-order valence-electron chi connectivity index (χ4n) is 3.86. The van der Waals surface area contributed by atoms with Crippen LogP contribution in [0.15, 0.2) is 47.4 Å². The molecule has 0 radical (unpaired) electrons. The minimum absolute atomic E-state index is 0.0573.